The average Bonchev–Trinajstić information content (AvgIpc) is 3.26. The maximum atomic E-state index is 13.6. The predicted octanol–water partition coefficient (Wildman–Crippen LogP) is 4.12. The van der Waals surface area contributed by atoms with Crippen LogP contribution in [0.1, 0.15) is 34.8 Å². The predicted molar refractivity (Wildman–Crippen MR) is 153 cm³/mol. The first kappa shape index (κ1) is 27.8. The van der Waals surface area contributed by atoms with Crippen LogP contribution in [-0.2, 0) is 27.3 Å². The Morgan fingerprint density at radius 2 is 1.69 bits per heavy atom. The molecule has 1 aliphatic rings. The van der Waals surface area contributed by atoms with E-state index in [1.807, 2.05) is 54.6 Å². The first-order valence-corrected chi connectivity index (χ1v) is 13.2. The Morgan fingerprint density at radius 3 is 2.33 bits per heavy atom. The number of benzene rings is 3. The van der Waals surface area contributed by atoms with Gasteiger partial charge in [0.15, 0.2) is 5.11 Å². The number of hydrogen-bond donors (Lipinski definition) is 1. The maximum absolute atomic E-state index is 13.6. The van der Waals surface area contributed by atoms with Gasteiger partial charge in [-0.3, -0.25) is 9.59 Å². The Labute approximate surface area is 233 Å². The summed E-state index contributed by atoms with van der Waals surface area (Å²) in [6, 6.07) is 23.0. The molecule has 1 heterocycles. The van der Waals surface area contributed by atoms with E-state index in [4.69, 9.17) is 21.7 Å². The van der Waals surface area contributed by atoms with Gasteiger partial charge in [-0.05, 0) is 73.1 Å². The smallest absolute Gasteiger partial charge is 0.338 e. The van der Waals surface area contributed by atoms with E-state index in [1.165, 1.54) is 4.90 Å². The standard InChI is InChI=1S/C30H31N3O5S/c1-3-38-29(36)23-11-13-24(14-12-23)33-27(34)19-26(28(33)35)32(18-17-21-9-15-25(37-2)16-10-21)30(39)31-20-22-7-5-4-6-8-22/h4-16,26H,3,17-20H2,1-2H3,(H,31,39). The lowest BCUT2D eigenvalue weighted by Gasteiger charge is -2.30. The topological polar surface area (TPSA) is 88.2 Å². The number of amides is 2. The molecule has 0 aliphatic carbocycles. The highest BCUT2D eigenvalue weighted by molar-refractivity contribution is 7.80. The molecule has 0 aromatic heterocycles. The summed E-state index contributed by atoms with van der Waals surface area (Å²) in [7, 11) is 1.62. The molecule has 2 amide bonds. The number of imide groups is 1. The van der Waals surface area contributed by atoms with Crippen molar-refractivity contribution in [2.75, 3.05) is 25.2 Å². The van der Waals surface area contributed by atoms with Crippen LogP contribution in [0.5, 0.6) is 5.75 Å². The van der Waals surface area contributed by atoms with Gasteiger partial charge in [-0.2, -0.15) is 0 Å². The molecule has 0 bridgehead atoms. The van der Waals surface area contributed by atoms with E-state index < -0.39 is 12.0 Å². The van der Waals surface area contributed by atoms with Crippen molar-refractivity contribution in [3.63, 3.8) is 0 Å². The molecule has 1 aliphatic heterocycles. The van der Waals surface area contributed by atoms with E-state index in [0.29, 0.717) is 35.9 Å². The van der Waals surface area contributed by atoms with Crippen molar-refractivity contribution < 1.29 is 23.9 Å². The summed E-state index contributed by atoms with van der Waals surface area (Å²) in [6.45, 7) is 2.92. The number of carbonyl (C=O) groups is 3. The fraction of sp³-hybridized carbons (Fsp3) is 0.267. The molecule has 9 heteroatoms. The van der Waals surface area contributed by atoms with Gasteiger partial charge in [-0.1, -0.05) is 42.5 Å². The Bertz CT molecular complexity index is 1310. The number of methoxy groups -OCH3 is 1. The van der Waals surface area contributed by atoms with Crippen molar-refractivity contribution in [2.45, 2.75) is 32.4 Å². The summed E-state index contributed by atoms with van der Waals surface area (Å²) < 4.78 is 10.3. The monoisotopic (exact) mass is 545 g/mol. The highest BCUT2D eigenvalue weighted by Crippen LogP contribution is 2.27. The van der Waals surface area contributed by atoms with Gasteiger partial charge in [-0.15, -0.1) is 0 Å². The number of nitrogens with zero attached hydrogens (tertiary/aromatic N) is 2. The highest BCUT2D eigenvalue weighted by Gasteiger charge is 2.43. The second kappa shape index (κ2) is 13.0. The molecule has 8 nitrogen and oxygen atoms in total. The molecule has 3 aromatic rings. The van der Waals surface area contributed by atoms with Crippen molar-refractivity contribution in [2.24, 2.45) is 0 Å². The van der Waals surface area contributed by atoms with Gasteiger partial charge >= 0.3 is 5.97 Å². The summed E-state index contributed by atoms with van der Waals surface area (Å²) in [4.78, 5) is 41.7. The van der Waals surface area contributed by atoms with Crippen molar-refractivity contribution in [3.8, 4) is 5.75 Å². The zero-order valence-electron chi connectivity index (χ0n) is 22.0. The van der Waals surface area contributed by atoms with E-state index in [0.717, 1.165) is 16.9 Å². The van der Waals surface area contributed by atoms with E-state index in [1.54, 1.807) is 43.2 Å². The van der Waals surface area contributed by atoms with Gasteiger partial charge in [0, 0.05) is 13.1 Å². The quantitative estimate of drug-likeness (QED) is 0.231. The number of rotatable bonds is 10. The average molecular weight is 546 g/mol. The largest absolute Gasteiger partial charge is 0.497 e. The number of hydrogen-bond acceptors (Lipinski definition) is 6. The molecule has 1 saturated heterocycles. The third-order valence-corrected chi connectivity index (χ3v) is 6.86. The normalized spacial score (nSPS) is 14.7. The summed E-state index contributed by atoms with van der Waals surface area (Å²) in [5.74, 6) is -0.381. The van der Waals surface area contributed by atoms with Crippen LogP contribution in [-0.4, -0.2) is 54.1 Å². The maximum Gasteiger partial charge on any atom is 0.338 e. The molecule has 1 N–H and O–H groups in total. The van der Waals surface area contributed by atoms with Gasteiger partial charge < -0.3 is 19.7 Å². The minimum absolute atomic E-state index is 0.00572. The molecule has 3 aromatic carbocycles. The van der Waals surface area contributed by atoms with Crippen molar-refractivity contribution in [1.29, 1.82) is 0 Å². The lowest BCUT2D eigenvalue weighted by atomic mass is 10.1. The molecule has 1 atom stereocenters. The van der Waals surface area contributed by atoms with Crippen molar-refractivity contribution >= 4 is 40.8 Å². The van der Waals surface area contributed by atoms with Crippen LogP contribution in [0.2, 0.25) is 0 Å². The molecular weight excluding hydrogens is 514 g/mol. The second-order valence-corrected chi connectivity index (χ2v) is 9.38. The third kappa shape index (κ3) is 6.80. The highest BCUT2D eigenvalue weighted by atomic mass is 32.1. The summed E-state index contributed by atoms with van der Waals surface area (Å²) in [5.41, 5.74) is 2.85. The number of carbonyl (C=O) groups excluding carboxylic acids is 3. The molecule has 202 valence electrons. The van der Waals surface area contributed by atoms with E-state index in [9.17, 15) is 14.4 Å². The SMILES string of the molecule is CCOC(=O)c1ccc(N2C(=O)CC(N(CCc3ccc(OC)cc3)C(=S)NCc3ccccc3)C2=O)cc1. The number of nitrogens with one attached hydrogen (secondary N) is 1. The van der Waals surface area contributed by atoms with Gasteiger partial charge in [-0.25, -0.2) is 9.69 Å². The molecule has 1 unspecified atom stereocenters. The number of esters is 1. The second-order valence-electron chi connectivity index (χ2n) is 8.99. The van der Waals surface area contributed by atoms with Crippen LogP contribution < -0.4 is 15.0 Å². The summed E-state index contributed by atoms with van der Waals surface area (Å²) in [5, 5.41) is 3.66. The van der Waals surface area contributed by atoms with E-state index in [-0.39, 0.29) is 24.8 Å². The molecule has 0 radical (unpaired) electrons. The summed E-state index contributed by atoms with van der Waals surface area (Å²) >= 11 is 5.75. The van der Waals surface area contributed by atoms with Crippen molar-refractivity contribution in [1.82, 2.24) is 10.2 Å². The van der Waals surface area contributed by atoms with Crippen molar-refractivity contribution in [3.05, 3.63) is 95.6 Å². The van der Waals surface area contributed by atoms with Crippen LogP contribution in [0, 0.1) is 0 Å². The molecule has 0 spiro atoms. The van der Waals surface area contributed by atoms with Crippen LogP contribution in [0.3, 0.4) is 0 Å². The lowest BCUT2D eigenvalue weighted by Crippen LogP contribution is -2.50. The Morgan fingerprint density at radius 1 is 1.00 bits per heavy atom. The minimum Gasteiger partial charge on any atom is -0.497 e. The molecule has 1 fully saturated rings. The zero-order valence-corrected chi connectivity index (χ0v) is 22.8. The molecule has 0 saturated carbocycles. The van der Waals surface area contributed by atoms with Gasteiger partial charge in [0.25, 0.3) is 5.91 Å². The Balaban J connectivity index is 1.52. The Kier molecular flexibility index (Phi) is 9.27. The first-order valence-electron chi connectivity index (χ1n) is 12.8. The molecule has 4 rings (SSSR count). The van der Waals surface area contributed by atoms with Gasteiger partial charge in [0.1, 0.15) is 11.8 Å². The van der Waals surface area contributed by atoms with E-state index >= 15 is 0 Å². The van der Waals surface area contributed by atoms with Crippen LogP contribution in [0.15, 0.2) is 78.9 Å². The fourth-order valence-electron chi connectivity index (χ4n) is 4.41. The van der Waals surface area contributed by atoms with Gasteiger partial charge in [0.05, 0.1) is 31.4 Å². The fourth-order valence-corrected chi connectivity index (χ4v) is 4.70. The Hall–Kier alpha value is -4.24. The van der Waals surface area contributed by atoms with E-state index in [2.05, 4.69) is 5.32 Å². The molecule has 39 heavy (non-hydrogen) atoms. The zero-order chi connectivity index (χ0) is 27.8. The first-order chi connectivity index (χ1) is 18.9. The number of anilines is 1. The van der Waals surface area contributed by atoms with Gasteiger partial charge in [0.2, 0.25) is 5.91 Å². The van der Waals surface area contributed by atoms with Crippen LogP contribution >= 0.6 is 12.2 Å². The lowest BCUT2D eigenvalue weighted by molar-refractivity contribution is -0.122. The minimum atomic E-state index is -0.753. The van der Waals surface area contributed by atoms with Crippen LogP contribution in [0.25, 0.3) is 0 Å². The third-order valence-electron chi connectivity index (χ3n) is 6.48. The number of ether oxygens (including phenoxy) is 2. The number of thiocarbonyl (C=S) groups is 1. The molecular formula is C30H31N3O5S. The van der Waals surface area contributed by atoms with Crippen LogP contribution in [0.4, 0.5) is 5.69 Å². The summed E-state index contributed by atoms with van der Waals surface area (Å²) in [6.07, 6.45) is 0.609.